The highest BCUT2D eigenvalue weighted by Gasteiger charge is 2.52. The summed E-state index contributed by atoms with van der Waals surface area (Å²) in [4.78, 5) is 12.1. The first-order chi connectivity index (χ1) is 16.2. The van der Waals surface area contributed by atoms with Crippen LogP contribution in [-0.2, 0) is 19.3 Å². The van der Waals surface area contributed by atoms with Gasteiger partial charge in [0.15, 0.2) is 6.29 Å². The molecule has 4 rings (SSSR count). The quantitative estimate of drug-likeness (QED) is 0.361. The summed E-state index contributed by atoms with van der Waals surface area (Å²) in [5, 5.41) is 0.420. The van der Waals surface area contributed by atoms with Crippen LogP contribution in [-0.4, -0.2) is 46.3 Å². The van der Waals surface area contributed by atoms with Crippen molar-refractivity contribution in [3.8, 4) is 11.3 Å². The summed E-state index contributed by atoms with van der Waals surface area (Å²) < 4.78 is 70.2. The molecule has 0 unspecified atom stereocenters. The molecule has 0 spiro atoms. The summed E-state index contributed by atoms with van der Waals surface area (Å²) in [6, 6.07) is 8.57. The second-order valence-corrected chi connectivity index (χ2v) is 11.6. The second-order valence-electron chi connectivity index (χ2n) is 9.61. The maximum atomic E-state index is 13.0. The molecule has 0 radical (unpaired) electrons. The fourth-order valence-corrected chi connectivity index (χ4v) is 4.40. The smallest absolute Gasteiger partial charge is 0.455 e. The van der Waals surface area contributed by atoms with Crippen LogP contribution in [0.1, 0.15) is 50.0 Å². The number of sulfonamides is 1. The highest BCUT2D eigenvalue weighted by molar-refractivity contribution is 7.92. The van der Waals surface area contributed by atoms with Gasteiger partial charge in [-0.1, -0.05) is 24.3 Å². The fraction of sp³-hybridized carbons (Fsp3) is 0.375. The zero-order valence-electron chi connectivity index (χ0n) is 20.3. The van der Waals surface area contributed by atoms with Crippen molar-refractivity contribution in [2.75, 3.05) is 17.6 Å². The average Bonchev–Trinajstić information content (AvgIpc) is 3.23. The molecule has 0 N–H and O–H groups in total. The lowest BCUT2D eigenvalue weighted by Crippen LogP contribution is -2.41. The molecule has 0 amide bonds. The molecule has 1 saturated heterocycles. The lowest BCUT2D eigenvalue weighted by Gasteiger charge is -2.32. The molecule has 35 heavy (non-hydrogen) atoms. The number of aldehydes is 1. The number of fused-ring (bicyclic) bond motifs is 1. The Morgan fingerprint density at radius 3 is 2.09 bits per heavy atom. The summed E-state index contributed by atoms with van der Waals surface area (Å²) in [7, 11) is -3.18. The van der Waals surface area contributed by atoms with E-state index in [0.717, 1.165) is 10.6 Å². The predicted molar refractivity (Wildman–Crippen MR) is 131 cm³/mol. The van der Waals surface area contributed by atoms with Crippen LogP contribution in [0.25, 0.3) is 22.3 Å². The van der Waals surface area contributed by atoms with E-state index in [1.807, 2.05) is 27.7 Å². The molecule has 0 saturated carbocycles. The van der Waals surface area contributed by atoms with Gasteiger partial charge < -0.3 is 13.7 Å². The van der Waals surface area contributed by atoms with Gasteiger partial charge in [-0.15, -0.1) is 0 Å². The third-order valence-electron chi connectivity index (χ3n) is 6.76. The first kappa shape index (κ1) is 25.3. The van der Waals surface area contributed by atoms with E-state index in [4.69, 9.17) is 13.7 Å². The molecule has 3 aromatic rings. The van der Waals surface area contributed by atoms with Crippen LogP contribution in [0.3, 0.4) is 0 Å². The van der Waals surface area contributed by atoms with E-state index >= 15 is 0 Å². The molecule has 186 valence electrons. The molecule has 1 aliphatic heterocycles. The van der Waals surface area contributed by atoms with Crippen molar-refractivity contribution in [3.63, 3.8) is 0 Å². The van der Waals surface area contributed by atoms with Gasteiger partial charge in [0.05, 0.1) is 28.7 Å². The first-order valence-corrected chi connectivity index (χ1v) is 12.7. The van der Waals surface area contributed by atoms with Gasteiger partial charge in [0.1, 0.15) is 11.3 Å². The monoisotopic (exact) mass is 505 g/mol. The van der Waals surface area contributed by atoms with E-state index in [1.165, 1.54) is 37.4 Å². The molecule has 2 aromatic carbocycles. The van der Waals surface area contributed by atoms with Crippen LogP contribution < -0.4 is 9.77 Å². The minimum absolute atomic E-state index is 0.155. The number of benzene rings is 2. The van der Waals surface area contributed by atoms with E-state index in [0.29, 0.717) is 22.7 Å². The van der Waals surface area contributed by atoms with Gasteiger partial charge in [-0.05, 0) is 33.8 Å². The van der Waals surface area contributed by atoms with Crippen molar-refractivity contribution < 1.29 is 35.7 Å². The number of nitrogens with zero attached hydrogens (tertiary/aromatic N) is 1. The number of alkyl halides is 2. The van der Waals surface area contributed by atoms with Crippen LogP contribution in [0.4, 0.5) is 14.5 Å². The fourth-order valence-electron chi connectivity index (χ4n) is 3.89. The van der Waals surface area contributed by atoms with Gasteiger partial charge >= 0.3 is 7.12 Å². The minimum Gasteiger partial charge on any atom is -0.455 e. The third-order valence-corrected chi connectivity index (χ3v) is 7.95. The number of hydrogen-bond donors (Lipinski definition) is 0. The Morgan fingerprint density at radius 2 is 1.60 bits per heavy atom. The SMILES string of the molecule is CN(c1cc2oc(-c3ccc(C(F)F)cc3)c(C=O)c2cc1B1OC(C)(C)C(C)(C)O1)S(C)(=O)=O. The van der Waals surface area contributed by atoms with E-state index < -0.39 is 34.8 Å². The van der Waals surface area contributed by atoms with Gasteiger partial charge in [-0.25, -0.2) is 17.2 Å². The highest BCUT2D eigenvalue weighted by Crippen LogP contribution is 2.39. The molecular formula is C24H26BF2NO6S. The summed E-state index contributed by atoms with van der Waals surface area (Å²) in [6.07, 6.45) is -0.932. The van der Waals surface area contributed by atoms with Gasteiger partial charge in [-0.3, -0.25) is 9.10 Å². The number of carbonyl (C=O) groups excluding carboxylic acids is 1. The molecule has 1 aromatic heterocycles. The second kappa shape index (κ2) is 8.42. The van der Waals surface area contributed by atoms with Crippen molar-refractivity contribution in [3.05, 3.63) is 47.5 Å². The normalized spacial score (nSPS) is 17.3. The number of carbonyl (C=O) groups is 1. The molecule has 0 atom stereocenters. The third kappa shape index (κ3) is 4.36. The average molecular weight is 505 g/mol. The zero-order valence-corrected chi connectivity index (χ0v) is 21.1. The maximum absolute atomic E-state index is 13.0. The Bertz CT molecular complexity index is 1380. The van der Waals surface area contributed by atoms with Crippen LogP contribution in [0.5, 0.6) is 0 Å². The molecule has 7 nitrogen and oxygen atoms in total. The predicted octanol–water partition coefficient (Wildman–Crippen LogP) is 4.54. The van der Waals surface area contributed by atoms with Crippen LogP contribution >= 0.6 is 0 Å². The molecule has 2 heterocycles. The lowest BCUT2D eigenvalue weighted by molar-refractivity contribution is 0.00578. The summed E-state index contributed by atoms with van der Waals surface area (Å²) >= 11 is 0. The van der Waals surface area contributed by atoms with Crippen LogP contribution in [0, 0.1) is 0 Å². The standard InChI is InChI=1S/C24H26BF2NO6S/c1-23(2)24(3,4)34-25(33-23)18-11-16-17(13-29)21(14-7-9-15(10-8-14)22(26)27)32-20(16)12-19(18)28(5)35(6,30)31/h7-13,22H,1-6H3. The Labute approximate surface area is 203 Å². The number of rotatable bonds is 6. The summed E-state index contributed by atoms with van der Waals surface area (Å²) in [5.41, 5.74) is 0.0451. The Balaban J connectivity index is 1.94. The number of halogens is 2. The molecular weight excluding hydrogens is 479 g/mol. The Morgan fingerprint density at radius 1 is 1.03 bits per heavy atom. The topological polar surface area (TPSA) is 86.1 Å². The maximum Gasteiger partial charge on any atom is 0.497 e. The van der Waals surface area contributed by atoms with Crippen molar-refractivity contribution in [2.24, 2.45) is 0 Å². The molecule has 0 bridgehead atoms. The van der Waals surface area contributed by atoms with E-state index in [9.17, 15) is 22.0 Å². The summed E-state index contributed by atoms with van der Waals surface area (Å²) in [5.74, 6) is 0.190. The van der Waals surface area contributed by atoms with Crippen molar-refractivity contribution >= 4 is 45.5 Å². The summed E-state index contributed by atoms with van der Waals surface area (Å²) in [6.45, 7) is 7.51. The number of anilines is 1. The molecule has 1 aliphatic rings. The van der Waals surface area contributed by atoms with Gasteiger partial charge in [0.2, 0.25) is 10.0 Å². The van der Waals surface area contributed by atoms with Crippen molar-refractivity contribution in [1.82, 2.24) is 0 Å². The van der Waals surface area contributed by atoms with Gasteiger partial charge in [-0.2, -0.15) is 0 Å². The Kier molecular flexibility index (Phi) is 6.10. The van der Waals surface area contributed by atoms with Crippen molar-refractivity contribution in [2.45, 2.75) is 45.3 Å². The van der Waals surface area contributed by atoms with E-state index in [2.05, 4.69) is 0 Å². The first-order valence-electron chi connectivity index (χ1n) is 10.9. The lowest BCUT2D eigenvalue weighted by atomic mass is 9.77. The van der Waals surface area contributed by atoms with E-state index in [1.54, 1.807) is 6.07 Å². The van der Waals surface area contributed by atoms with Gasteiger partial charge in [0.25, 0.3) is 6.43 Å². The van der Waals surface area contributed by atoms with Crippen LogP contribution in [0.2, 0.25) is 0 Å². The molecule has 11 heteroatoms. The molecule has 1 fully saturated rings. The minimum atomic E-state index is -3.67. The zero-order chi connectivity index (χ0) is 25.9. The number of hydrogen-bond acceptors (Lipinski definition) is 6. The molecule has 0 aliphatic carbocycles. The van der Waals surface area contributed by atoms with E-state index in [-0.39, 0.29) is 28.2 Å². The largest absolute Gasteiger partial charge is 0.497 e. The number of furan rings is 1. The van der Waals surface area contributed by atoms with Crippen LogP contribution in [0.15, 0.2) is 40.8 Å². The highest BCUT2D eigenvalue weighted by atomic mass is 32.2. The van der Waals surface area contributed by atoms with Gasteiger partial charge in [0, 0.05) is 35.1 Å². The van der Waals surface area contributed by atoms with Crippen molar-refractivity contribution in [1.29, 1.82) is 0 Å². The Hall–Kier alpha value is -2.76.